The number of carbonyl (C=O) groups excluding carboxylic acids is 1. The number of carboxylic acids is 1. The third-order valence-corrected chi connectivity index (χ3v) is 3.39. The van der Waals surface area contributed by atoms with Crippen LogP contribution >= 0.6 is 0 Å². The third kappa shape index (κ3) is 3.81. The van der Waals surface area contributed by atoms with E-state index in [2.05, 4.69) is 5.32 Å². The molecule has 2 aromatic carbocycles. The van der Waals surface area contributed by atoms with Gasteiger partial charge >= 0.3 is 5.97 Å². The molecule has 4 nitrogen and oxygen atoms in total. The largest absolute Gasteiger partial charge is 0.480 e. The number of hydrogen-bond donors (Lipinski definition) is 2. The summed E-state index contributed by atoms with van der Waals surface area (Å²) in [5.41, 5.74) is 0.894. The standard InChI is InChI=1S/C17H19NO3/c1-11(2)16(19)18-15(17(20)21)10-12-7-8-13-5-3-4-6-14(13)9-12/h3-9,11,15H,10H2,1-2H3,(H,18,19)(H,20,21). The van der Waals surface area contributed by atoms with Crippen LogP contribution in [0.15, 0.2) is 42.5 Å². The molecule has 1 atom stereocenters. The molecule has 0 spiro atoms. The number of rotatable bonds is 5. The highest BCUT2D eigenvalue weighted by atomic mass is 16.4. The number of amides is 1. The van der Waals surface area contributed by atoms with Crippen LogP contribution in [0, 0.1) is 5.92 Å². The van der Waals surface area contributed by atoms with Gasteiger partial charge in [-0.3, -0.25) is 4.79 Å². The van der Waals surface area contributed by atoms with Crippen molar-refractivity contribution in [1.82, 2.24) is 5.32 Å². The Balaban J connectivity index is 2.18. The Morgan fingerprint density at radius 3 is 2.38 bits per heavy atom. The predicted octanol–water partition coefficient (Wildman–Crippen LogP) is 2.61. The lowest BCUT2D eigenvalue weighted by Crippen LogP contribution is -2.44. The second-order valence-corrected chi connectivity index (χ2v) is 5.44. The molecular weight excluding hydrogens is 266 g/mol. The van der Waals surface area contributed by atoms with E-state index in [-0.39, 0.29) is 18.2 Å². The molecule has 0 bridgehead atoms. The molecule has 2 N–H and O–H groups in total. The highest BCUT2D eigenvalue weighted by Crippen LogP contribution is 2.16. The molecule has 0 saturated carbocycles. The van der Waals surface area contributed by atoms with Crippen molar-refractivity contribution in [2.24, 2.45) is 5.92 Å². The molecule has 0 radical (unpaired) electrons. The molecule has 21 heavy (non-hydrogen) atoms. The first-order valence-electron chi connectivity index (χ1n) is 6.98. The van der Waals surface area contributed by atoms with Gasteiger partial charge in [0.15, 0.2) is 0 Å². The maximum atomic E-state index is 11.7. The van der Waals surface area contributed by atoms with Gasteiger partial charge in [0.25, 0.3) is 0 Å². The first-order chi connectivity index (χ1) is 9.97. The van der Waals surface area contributed by atoms with Gasteiger partial charge in [-0.2, -0.15) is 0 Å². The summed E-state index contributed by atoms with van der Waals surface area (Å²) >= 11 is 0. The van der Waals surface area contributed by atoms with E-state index in [0.29, 0.717) is 0 Å². The summed E-state index contributed by atoms with van der Waals surface area (Å²) in [5, 5.41) is 14.0. The molecule has 4 heteroatoms. The summed E-state index contributed by atoms with van der Waals surface area (Å²) in [5.74, 6) is -1.50. The number of benzene rings is 2. The SMILES string of the molecule is CC(C)C(=O)NC(Cc1ccc2ccccc2c1)C(=O)O. The molecule has 0 heterocycles. The molecule has 2 rings (SSSR count). The zero-order valence-corrected chi connectivity index (χ0v) is 12.2. The van der Waals surface area contributed by atoms with Crippen LogP contribution < -0.4 is 5.32 Å². The smallest absolute Gasteiger partial charge is 0.326 e. The topological polar surface area (TPSA) is 66.4 Å². The van der Waals surface area contributed by atoms with Gasteiger partial charge in [0.05, 0.1) is 0 Å². The van der Waals surface area contributed by atoms with Crippen molar-refractivity contribution in [2.75, 3.05) is 0 Å². The maximum Gasteiger partial charge on any atom is 0.326 e. The van der Waals surface area contributed by atoms with Gasteiger partial charge in [-0.25, -0.2) is 4.79 Å². The van der Waals surface area contributed by atoms with Crippen LogP contribution in [0.2, 0.25) is 0 Å². The van der Waals surface area contributed by atoms with Crippen LogP contribution in [-0.4, -0.2) is 23.0 Å². The van der Waals surface area contributed by atoms with E-state index in [1.165, 1.54) is 0 Å². The van der Waals surface area contributed by atoms with Crippen molar-refractivity contribution in [3.05, 3.63) is 48.0 Å². The lowest BCUT2D eigenvalue weighted by molar-refractivity contribution is -0.142. The predicted molar refractivity (Wildman–Crippen MR) is 82.1 cm³/mol. The second-order valence-electron chi connectivity index (χ2n) is 5.44. The molecule has 0 aliphatic carbocycles. The van der Waals surface area contributed by atoms with Gasteiger partial charge in [0, 0.05) is 12.3 Å². The van der Waals surface area contributed by atoms with Gasteiger partial charge in [0.1, 0.15) is 6.04 Å². The van der Waals surface area contributed by atoms with Crippen molar-refractivity contribution >= 4 is 22.6 Å². The Hall–Kier alpha value is -2.36. The number of fused-ring (bicyclic) bond motifs is 1. The van der Waals surface area contributed by atoms with Crippen LogP contribution in [0.5, 0.6) is 0 Å². The molecule has 0 fully saturated rings. The summed E-state index contributed by atoms with van der Waals surface area (Å²) < 4.78 is 0. The zero-order valence-electron chi connectivity index (χ0n) is 12.2. The summed E-state index contributed by atoms with van der Waals surface area (Å²) in [7, 11) is 0. The molecule has 0 aromatic heterocycles. The molecule has 2 aromatic rings. The lowest BCUT2D eigenvalue weighted by Gasteiger charge is -2.16. The van der Waals surface area contributed by atoms with Crippen molar-refractivity contribution in [3.63, 3.8) is 0 Å². The molecule has 0 saturated heterocycles. The fourth-order valence-corrected chi connectivity index (χ4v) is 2.14. The summed E-state index contributed by atoms with van der Waals surface area (Å²) in [6, 6.07) is 12.8. The Morgan fingerprint density at radius 2 is 1.76 bits per heavy atom. The van der Waals surface area contributed by atoms with Gasteiger partial charge < -0.3 is 10.4 Å². The van der Waals surface area contributed by atoms with Crippen LogP contribution in [0.4, 0.5) is 0 Å². The Morgan fingerprint density at radius 1 is 1.10 bits per heavy atom. The lowest BCUT2D eigenvalue weighted by atomic mass is 10.0. The van der Waals surface area contributed by atoms with Crippen molar-refractivity contribution < 1.29 is 14.7 Å². The first kappa shape index (κ1) is 15.0. The summed E-state index contributed by atoms with van der Waals surface area (Å²) in [6.07, 6.45) is 0.276. The maximum absolute atomic E-state index is 11.7. The Labute approximate surface area is 123 Å². The first-order valence-corrected chi connectivity index (χ1v) is 6.98. The van der Waals surface area contributed by atoms with Crippen LogP contribution in [0.25, 0.3) is 10.8 Å². The summed E-state index contributed by atoms with van der Waals surface area (Å²) in [4.78, 5) is 23.0. The molecule has 1 unspecified atom stereocenters. The normalized spacial score (nSPS) is 12.3. The zero-order chi connectivity index (χ0) is 15.4. The Kier molecular flexibility index (Phi) is 4.58. The molecule has 1 amide bonds. The average Bonchev–Trinajstić information content (AvgIpc) is 2.46. The minimum Gasteiger partial charge on any atom is -0.480 e. The highest BCUT2D eigenvalue weighted by Gasteiger charge is 2.21. The van der Waals surface area contributed by atoms with Gasteiger partial charge in [-0.1, -0.05) is 56.3 Å². The Bertz CT molecular complexity index is 664. The van der Waals surface area contributed by atoms with E-state index >= 15 is 0 Å². The van der Waals surface area contributed by atoms with Crippen LogP contribution in [0.3, 0.4) is 0 Å². The third-order valence-electron chi connectivity index (χ3n) is 3.39. The molecule has 110 valence electrons. The number of hydrogen-bond acceptors (Lipinski definition) is 2. The van der Waals surface area contributed by atoms with E-state index in [1.54, 1.807) is 13.8 Å². The monoisotopic (exact) mass is 285 g/mol. The highest BCUT2D eigenvalue weighted by molar-refractivity contribution is 5.85. The van der Waals surface area contributed by atoms with Crippen molar-refractivity contribution in [3.8, 4) is 0 Å². The van der Waals surface area contributed by atoms with Gasteiger partial charge in [-0.05, 0) is 16.3 Å². The number of nitrogens with one attached hydrogen (secondary N) is 1. The summed E-state index contributed by atoms with van der Waals surface area (Å²) in [6.45, 7) is 3.48. The van der Waals surface area contributed by atoms with Crippen molar-refractivity contribution in [2.45, 2.75) is 26.3 Å². The van der Waals surface area contributed by atoms with E-state index in [9.17, 15) is 14.7 Å². The van der Waals surface area contributed by atoms with E-state index < -0.39 is 12.0 Å². The molecule has 0 aliphatic rings. The fourth-order valence-electron chi connectivity index (χ4n) is 2.14. The number of aliphatic carboxylic acids is 1. The second kappa shape index (κ2) is 6.39. The minimum atomic E-state index is -1.02. The van der Waals surface area contributed by atoms with Crippen LogP contribution in [-0.2, 0) is 16.0 Å². The molecular formula is C17H19NO3. The van der Waals surface area contributed by atoms with E-state index in [1.807, 2.05) is 42.5 Å². The van der Waals surface area contributed by atoms with Gasteiger partial charge in [0.2, 0.25) is 5.91 Å². The van der Waals surface area contributed by atoms with E-state index in [0.717, 1.165) is 16.3 Å². The minimum absolute atomic E-state index is 0.233. The number of carbonyl (C=O) groups is 2. The molecule has 0 aliphatic heterocycles. The quantitative estimate of drug-likeness (QED) is 0.887. The fraction of sp³-hybridized carbons (Fsp3) is 0.294. The van der Waals surface area contributed by atoms with Crippen LogP contribution in [0.1, 0.15) is 19.4 Å². The number of carboxylic acid groups (broad SMARTS) is 1. The van der Waals surface area contributed by atoms with E-state index in [4.69, 9.17) is 0 Å². The van der Waals surface area contributed by atoms with Gasteiger partial charge in [-0.15, -0.1) is 0 Å². The average molecular weight is 285 g/mol. The van der Waals surface area contributed by atoms with Crippen molar-refractivity contribution in [1.29, 1.82) is 0 Å².